The second-order valence-corrected chi connectivity index (χ2v) is 7.62. The monoisotopic (exact) mass is 244 g/mol. The Morgan fingerprint density at radius 1 is 1.18 bits per heavy atom. The normalized spacial score (nSPS) is 35.4. The topological polar surface area (TPSA) is 17.1 Å². The number of aldehydes is 1. The van der Waals surface area contributed by atoms with Gasteiger partial charge in [0.15, 0.2) is 0 Å². The van der Waals surface area contributed by atoms with Crippen molar-refractivity contribution in [1.82, 2.24) is 0 Å². The van der Waals surface area contributed by atoms with Gasteiger partial charge in [-0.2, -0.15) is 0 Å². The smallest absolute Gasteiger partial charge is 0.124 e. The molecule has 17 heavy (non-hydrogen) atoms. The number of carbonyl (C=O) groups excluding carboxylic acids is 1. The van der Waals surface area contributed by atoms with Gasteiger partial charge in [-0.25, -0.2) is 0 Å². The summed E-state index contributed by atoms with van der Waals surface area (Å²) in [5.74, 6) is 0.273. The van der Waals surface area contributed by atoms with E-state index in [1.54, 1.807) is 5.57 Å². The molecule has 88 valence electrons. The van der Waals surface area contributed by atoms with Gasteiger partial charge in [-0.15, -0.1) is 0 Å². The zero-order valence-corrected chi connectivity index (χ0v) is 11.2. The number of fused-ring (bicyclic) bond motifs is 2. The zero-order valence-electron chi connectivity index (χ0n) is 10.3. The molecule has 0 radical (unpaired) electrons. The maximum absolute atomic E-state index is 11.2. The lowest BCUT2D eigenvalue weighted by atomic mass is 9.86. The van der Waals surface area contributed by atoms with Crippen LogP contribution in [0.3, 0.4) is 0 Å². The standard InChI is InChI=1S/C15H17OP/c1-10-11(2)15-12(9-16)8-14(10)17(15)13-6-4-3-5-7-13/h3-7,9,12,14-15H,8H2,1-2H3/t12-,14+,15+,17+/m1/s1. The molecule has 1 fully saturated rings. The van der Waals surface area contributed by atoms with Gasteiger partial charge >= 0.3 is 0 Å². The Balaban J connectivity index is 2.03. The molecular weight excluding hydrogens is 227 g/mol. The van der Waals surface area contributed by atoms with Crippen LogP contribution in [0, 0.1) is 5.92 Å². The number of carbonyl (C=O) groups is 1. The van der Waals surface area contributed by atoms with Gasteiger partial charge < -0.3 is 4.79 Å². The third-order valence-corrected chi connectivity index (χ3v) is 7.86. The van der Waals surface area contributed by atoms with Crippen LogP contribution in [0.25, 0.3) is 0 Å². The van der Waals surface area contributed by atoms with Crippen molar-refractivity contribution in [3.05, 3.63) is 41.5 Å². The second kappa shape index (κ2) is 4.07. The first-order chi connectivity index (χ1) is 8.24. The molecule has 0 spiro atoms. The van der Waals surface area contributed by atoms with Crippen LogP contribution in [0.15, 0.2) is 41.5 Å². The maximum Gasteiger partial charge on any atom is 0.124 e. The highest BCUT2D eigenvalue weighted by Crippen LogP contribution is 2.66. The van der Waals surface area contributed by atoms with Crippen LogP contribution in [0.2, 0.25) is 0 Å². The Hall–Kier alpha value is -0.940. The van der Waals surface area contributed by atoms with E-state index in [0.717, 1.165) is 6.42 Å². The average molecular weight is 244 g/mol. The SMILES string of the molecule is CC1=C(C)[C@H]2[C@@H](C=O)C[C@@H]1[P@]2c1ccccc1. The lowest BCUT2D eigenvalue weighted by Crippen LogP contribution is -2.19. The van der Waals surface area contributed by atoms with E-state index < -0.39 is 0 Å². The fourth-order valence-corrected chi connectivity index (χ4v) is 7.28. The first-order valence-corrected chi connectivity index (χ1v) is 7.68. The molecule has 2 heteroatoms. The first kappa shape index (κ1) is 11.2. The minimum absolute atomic E-state index is 0.181. The van der Waals surface area contributed by atoms with Crippen molar-refractivity contribution in [2.75, 3.05) is 0 Å². The quantitative estimate of drug-likeness (QED) is 0.444. The molecule has 0 saturated carbocycles. The summed E-state index contributed by atoms with van der Waals surface area (Å²) in [5.41, 5.74) is 4.24. The molecule has 2 bridgehead atoms. The highest BCUT2D eigenvalue weighted by molar-refractivity contribution is 7.68. The van der Waals surface area contributed by atoms with Crippen LogP contribution in [0.5, 0.6) is 0 Å². The molecule has 1 nitrogen and oxygen atoms in total. The first-order valence-electron chi connectivity index (χ1n) is 6.20. The summed E-state index contributed by atoms with van der Waals surface area (Å²) >= 11 is 0. The third kappa shape index (κ3) is 1.52. The molecule has 1 saturated heterocycles. The van der Waals surface area contributed by atoms with E-state index in [2.05, 4.69) is 44.2 Å². The molecule has 0 aromatic heterocycles. The van der Waals surface area contributed by atoms with E-state index in [4.69, 9.17) is 0 Å². The summed E-state index contributed by atoms with van der Waals surface area (Å²) < 4.78 is 0. The van der Waals surface area contributed by atoms with Crippen LogP contribution < -0.4 is 5.30 Å². The summed E-state index contributed by atoms with van der Waals surface area (Å²) in [5, 5.41) is 1.47. The Kier molecular flexibility index (Phi) is 2.67. The van der Waals surface area contributed by atoms with Gasteiger partial charge in [-0.3, -0.25) is 0 Å². The molecule has 1 aromatic rings. The van der Waals surface area contributed by atoms with Gasteiger partial charge in [0, 0.05) is 17.2 Å². The fraction of sp³-hybridized carbons (Fsp3) is 0.400. The Morgan fingerprint density at radius 3 is 2.53 bits per heavy atom. The minimum Gasteiger partial charge on any atom is -0.303 e. The maximum atomic E-state index is 11.2. The van der Waals surface area contributed by atoms with E-state index in [0.29, 0.717) is 11.3 Å². The number of rotatable bonds is 2. The van der Waals surface area contributed by atoms with Crippen molar-refractivity contribution < 1.29 is 4.79 Å². The van der Waals surface area contributed by atoms with Gasteiger partial charge in [0.05, 0.1) is 0 Å². The molecule has 0 unspecified atom stereocenters. The Labute approximate surface area is 104 Å². The van der Waals surface area contributed by atoms with Crippen LogP contribution in [0.1, 0.15) is 20.3 Å². The van der Waals surface area contributed by atoms with Crippen LogP contribution in [-0.2, 0) is 4.79 Å². The van der Waals surface area contributed by atoms with Crippen molar-refractivity contribution >= 4 is 19.5 Å². The molecular formula is C15H17OP. The molecule has 1 aromatic carbocycles. The lowest BCUT2D eigenvalue weighted by molar-refractivity contribution is -0.110. The van der Waals surface area contributed by atoms with Gasteiger partial charge in [0.1, 0.15) is 6.29 Å². The summed E-state index contributed by atoms with van der Waals surface area (Å²) in [6, 6.07) is 10.8. The van der Waals surface area contributed by atoms with Crippen molar-refractivity contribution in [1.29, 1.82) is 0 Å². The molecule has 4 atom stereocenters. The van der Waals surface area contributed by atoms with Gasteiger partial charge in [-0.05, 0) is 25.6 Å². The van der Waals surface area contributed by atoms with E-state index in [-0.39, 0.29) is 13.8 Å². The van der Waals surface area contributed by atoms with Crippen LogP contribution in [0.4, 0.5) is 0 Å². The molecule has 0 amide bonds. The van der Waals surface area contributed by atoms with Gasteiger partial charge in [0.25, 0.3) is 0 Å². The van der Waals surface area contributed by atoms with Crippen molar-refractivity contribution in [2.24, 2.45) is 5.92 Å². The van der Waals surface area contributed by atoms with E-state index >= 15 is 0 Å². The lowest BCUT2D eigenvalue weighted by Gasteiger charge is -2.20. The van der Waals surface area contributed by atoms with Crippen molar-refractivity contribution in [2.45, 2.75) is 31.6 Å². The third-order valence-electron chi connectivity index (χ3n) is 4.33. The molecule has 2 aliphatic heterocycles. The number of hydrogen-bond donors (Lipinski definition) is 0. The Bertz CT molecular complexity index is 477. The predicted octanol–water partition coefficient (Wildman–Crippen LogP) is 3.10. The van der Waals surface area contributed by atoms with E-state index in [9.17, 15) is 4.79 Å². The summed E-state index contributed by atoms with van der Waals surface area (Å²) in [4.78, 5) is 11.2. The van der Waals surface area contributed by atoms with Crippen LogP contribution in [-0.4, -0.2) is 17.6 Å². The van der Waals surface area contributed by atoms with Crippen molar-refractivity contribution in [3.8, 4) is 0 Å². The fourth-order valence-electron chi connectivity index (χ4n) is 3.38. The van der Waals surface area contributed by atoms with E-state index in [1.807, 2.05) is 0 Å². The number of benzene rings is 1. The summed E-state index contributed by atoms with van der Waals surface area (Å²) in [7, 11) is -0.181. The number of hydrogen-bond acceptors (Lipinski definition) is 1. The van der Waals surface area contributed by atoms with E-state index in [1.165, 1.54) is 17.2 Å². The summed E-state index contributed by atoms with van der Waals surface area (Å²) in [6.45, 7) is 4.49. The van der Waals surface area contributed by atoms with Gasteiger partial charge in [-0.1, -0.05) is 49.4 Å². The predicted molar refractivity (Wildman–Crippen MR) is 73.1 cm³/mol. The molecule has 0 N–H and O–H groups in total. The largest absolute Gasteiger partial charge is 0.303 e. The molecule has 2 heterocycles. The zero-order chi connectivity index (χ0) is 12.0. The second-order valence-electron chi connectivity index (χ2n) is 5.11. The molecule has 0 aliphatic carbocycles. The summed E-state index contributed by atoms with van der Waals surface area (Å²) in [6.07, 6.45) is 2.27. The molecule has 3 rings (SSSR count). The minimum atomic E-state index is -0.181. The van der Waals surface area contributed by atoms with Gasteiger partial charge in [0.2, 0.25) is 0 Å². The highest BCUT2D eigenvalue weighted by Gasteiger charge is 2.50. The van der Waals surface area contributed by atoms with Crippen LogP contribution >= 0.6 is 7.92 Å². The van der Waals surface area contributed by atoms with Crippen molar-refractivity contribution in [3.63, 3.8) is 0 Å². The highest BCUT2D eigenvalue weighted by atomic mass is 31.1. The average Bonchev–Trinajstić information content (AvgIpc) is 2.86. The Morgan fingerprint density at radius 2 is 1.88 bits per heavy atom. The molecule has 2 aliphatic rings. The number of allylic oxidation sites excluding steroid dienone is 2.